The van der Waals surface area contributed by atoms with Crippen molar-refractivity contribution in [2.75, 3.05) is 5.32 Å². The molecular weight excluding hydrogens is 334 g/mol. The van der Waals surface area contributed by atoms with Crippen molar-refractivity contribution < 1.29 is 4.79 Å². The molecule has 0 aliphatic heterocycles. The molecule has 0 spiro atoms. The molecule has 1 N–H and O–H groups in total. The van der Waals surface area contributed by atoms with Crippen LogP contribution in [0.15, 0.2) is 42.7 Å². The van der Waals surface area contributed by atoms with Crippen LogP contribution in [0, 0.1) is 6.92 Å². The number of nitrogens with zero attached hydrogens (tertiary/aromatic N) is 4. The van der Waals surface area contributed by atoms with E-state index >= 15 is 0 Å². The van der Waals surface area contributed by atoms with Gasteiger partial charge in [-0.25, -0.2) is 14.5 Å². The maximum Gasteiger partial charge on any atom is 0.224 e. The number of carbonyl (C=O) groups is 1. The molecule has 3 heterocycles. The van der Waals surface area contributed by atoms with Crippen molar-refractivity contribution in [1.82, 2.24) is 19.6 Å². The summed E-state index contributed by atoms with van der Waals surface area (Å²) < 4.78 is 2.86. The van der Waals surface area contributed by atoms with Crippen LogP contribution in [0.4, 0.5) is 5.69 Å². The van der Waals surface area contributed by atoms with E-state index in [9.17, 15) is 4.79 Å². The molecule has 0 atom stereocenters. The Morgan fingerprint density at radius 2 is 2.20 bits per heavy atom. The minimum absolute atomic E-state index is 0.0221. The van der Waals surface area contributed by atoms with E-state index in [0.717, 1.165) is 34.7 Å². The van der Waals surface area contributed by atoms with E-state index in [2.05, 4.69) is 26.4 Å². The summed E-state index contributed by atoms with van der Waals surface area (Å²) in [5.41, 5.74) is 3.35. The van der Waals surface area contributed by atoms with E-state index in [-0.39, 0.29) is 5.91 Å². The van der Waals surface area contributed by atoms with E-state index in [0.29, 0.717) is 12.1 Å². The van der Waals surface area contributed by atoms with Gasteiger partial charge in [-0.1, -0.05) is 12.1 Å². The van der Waals surface area contributed by atoms with Gasteiger partial charge in [0.2, 0.25) is 5.91 Å². The minimum Gasteiger partial charge on any atom is -0.323 e. The number of hydrogen-bond acceptors (Lipinski definition) is 5. The smallest absolute Gasteiger partial charge is 0.224 e. The van der Waals surface area contributed by atoms with Crippen molar-refractivity contribution >= 4 is 38.8 Å². The number of benzene rings is 1. The number of rotatable bonds is 5. The predicted molar refractivity (Wildman–Crippen MR) is 98.9 cm³/mol. The van der Waals surface area contributed by atoms with Crippen LogP contribution in [-0.2, 0) is 11.2 Å². The largest absolute Gasteiger partial charge is 0.323 e. The van der Waals surface area contributed by atoms with Gasteiger partial charge in [0.25, 0.3) is 0 Å². The van der Waals surface area contributed by atoms with E-state index in [1.807, 2.05) is 31.2 Å². The fourth-order valence-corrected chi connectivity index (χ4v) is 3.72. The highest BCUT2D eigenvalue weighted by atomic mass is 32.1. The molecule has 4 rings (SSSR count). The molecule has 25 heavy (non-hydrogen) atoms. The van der Waals surface area contributed by atoms with Crippen molar-refractivity contribution in [3.05, 3.63) is 53.4 Å². The Morgan fingerprint density at radius 1 is 1.32 bits per heavy atom. The van der Waals surface area contributed by atoms with Crippen LogP contribution >= 0.6 is 11.3 Å². The van der Waals surface area contributed by atoms with E-state index in [4.69, 9.17) is 0 Å². The summed E-state index contributed by atoms with van der Waals surface area (Å²) in [6.07, 6.45) is 5.46. The van der Waals surface area contributed by atoms with Crippen LogP contribution < -0.4 is 5.32 Å². The van der Waals surface area contributed by atoms with Gasteiger partial charge >= 0.3 is 0 Å². The van der Waals surface area contributed by atoms with E-state index in [1.54, 1.807) is 28.2 Å². The third kappa shape index (κ3) is 3.51. The maximum absolute atomic E-state index is 12.1. The summed E-state index contributed by atoms with van der Waals surface area (Å²) in [6.45, 7) is 1.91. The number of nitrogens with one attached hydrogen (secondary N) is 1. The highest BCUT2D eigenvalue weighted by Crippen LogP contribution is 2.22. The number of aryl methyl sites for hydroxylation is 2. The van der Waals surface area contributed by atoms with Crippen LogP contribution in [0.1, 0.15) is 23.5 Å². The molecule has 0 fully saturated rings. The molecule has 126 valence electrons. The molecule has 0 unspecified atom stereocenters. The van der Waals surface area contributed by atoms with Crippen LogP contribution in [-0.4, -0.2) is 25.5 Å². The Labute approximate surface area is 148 Å². The molecule has 3 aromatic heterocycles. The van der Waals surface area contributed by atoms with Crippen molar-refractivity contribution in [2.45, 2.75) is 26.2 Å². The number of anilines is 1. The van der Waals surface area contributed by atoms with Gasteiger partial charge in [0.1, 0.15) is 0 Å². The molecule has 0 saturated heterocycles. The lowest BCUT2D eigenvalue weighted by Gasteiger charge is -2.04. The summed E-state index contributed by atoms with van der Waals surface area (Å²) in [7, 11) is 0. The number of amides is 1. The highest BCUT2D eigenvalue weighted by Gasteiger charge is 2.07. The molecule has 0 aliphatic rings. The van der Waals surface area contributed by atoms with Crippen LogP contribution in [0.25, 0.3) is 15.9 Å². The summed E-state index contributed by atoms with van der Waals surface area (Å²) in [6, 6.07) is 9.99. The van der Waals surface area contributed by atoms with E-state index in [1.165, 1.54) is 4.70 Å². The Morgan fingerprint density at radius 3 is 3.08 bits per heavy atom. The second-order valence-electron chi connectivity index (χ2n) is 5.91. The molecule has 7 heteroatoms. The quantitative estimate of drug-likeness (QED) is 0.596. The number of fused-ring (bicyclic) bond motifs is 2. The standard InChI is InChI=1S/C18H17N5OS/c1-12-9-16-19-10-13(11-23(16)22-12)20-17(24)7-4-8-18-21-14-5-2-3-6-15(14)25-18/h2-3,5-6,9-11H,4,7-8H2,1H3,(H,20,24). The second kappa shape index (κ2) is 6.60. The zero-order chi connectivity index (χ0) is 17.2. The molecule has 6 nitrogen and oxygen atoms in total. The van der Waals surface area contributed by atoms with Gasteiger partial charge in [-0.15, -0.1) is 11.3 Å². The molecule has 0 saturated carbocycles. The summed E-state index contributed by atoms with van der Waals surface area (Å²) in [5, 5.41) is 8.25. The van der Waals surface area contributed by atoms with Crippen molar-refractivity contribution in [3.63, 3.8) is 0 Å². The maximum atomic E-state index is 12.1. The Hall–Kier alpha value is -2.80. The normalized spacial score (nSPS) is 11.2. The minimum atomic E-state index is -0.0221. The average molecular weight is 351 g/mol. The van der Waals surface area contributed by atoms with Gasteiger partial charge in [-0.3, -0.25) is 4.79 Å². The topological polar surface area (TPSA) is 72.2 Å². The molecule has 1 amide bonds. The fourth-order valence-electron chi connectivity index (χ4n) is 2.71. The van der Waals surface area contributed by atoms with Crippen LogP contribution in [0.2, 0.25) is 0 Å². The molecular formula is C18H17N5OS. The summed E-state index contributed by atoms with van der Waals surface area (Å²) >= 11 is 1.69. The lowest BCUT2D eigenvalue weighted by Crippen LogP contribution is -2.12. The third-order valence-corrected chi connectivity index (χ3v) is 4.95. The number of para-hydroxylation sites is 1. The van der Waals surface area contributed by atoms with Gasteiger partial charge in [0.05, 0.1) is 39.0 Å². The molecule has 4 aromatic rings. The second-order valence-corrected chi connectivity index (χ2v) is 7.02. The first-order valence-electron chi connectivity index (χ1n) is 8.14. The van der Waals surface area contributed by atoms with Crippen LogP contribution in [0.5, 0.6) is 0 Å². The first kappa shape index (κ1) is 15.7. The molecule has 0 bridgehead atoms. The number of carbonyl (C=O) groups excluding carboxylic acids is 1. The van der Waals surface area contributed by atoms with Gasteiger partial charge < -0.3 is 5.32 Å². The predicted octanol–water partition coefficient (Wildman–Crippen LogP) is 3.61. The highest BCUT2D eigenvalue weighted by molar-refractivity contribution is 7.18. The fraction of sp³-hybridized carbons (Fsp3) is 0.222. The zero-order valence-electron chi connectivity index (χ0n) is 13.8. The Bertz CT molecular complexity index is 1020. The van der Waals surface area contributed by atoms with Gasteiger partial charge in [-0.05, 0) is 31.9 Å². The summed E-state index contributed by atoms with van der Waals surface area (Å²) in [4.78, 5) is 21.0. The third-order valence-electron chi connectivity index (χ3n) is 3.85. The van der Waals surface area contributed by atoms with Crippen molar-refractivity contribution in [1.29, 1.82) is 0 Å². The van der Waals surface area contributed by atoms with E-state index < -0.39 is 0 Å². The van der Waals surface area contributed by atoms with Crippen molar-refractivity contribution in [3.8, 4) is 0 Å². The first-order chi connectivity index (χ1) is 12.2. The summed E-state index contributed by atoms with van der Waals surface area (Å²) in [5.74, 6) is -0.0221. The lowest BCUT2D eigenvalue weighted by molar-refractivity contribution is -0.116. The van der Waals surface area contributed by atoms with Crippen LogP contribution in [0.3, 0.4) is 0 Å². The SMILES string of the molecule is Cc1cc2ncc(NC(=O)CCCc3nc4ccccc4s3)cn2n1. The molecule has 1 aromatic carbocycles. The molecule has 0 aliphatic carbocycles. The average Bonchev–Trinajstić information content (AvgIpc) is 3.16. The number of aromatic nitrogens is 4. The Balaban J connectivity index is 1.33. The van der Waals surface area contributed by atoms with Gasteiger partial charge in [0, 0.05) is 12.5 Å². The van der Waals surface area contributed by atoms with Gasteiger partial charge in [-0.2, -0.15) is 5.10 Å². The number of hydrogen-bond donors (Lipinski definition) is 1. The zero-order valence-corrected chi connectivity index (χ0v) is 14.6. The first-order valence-corrected chi connectivity index (χ1v) is 8.95. The number of thiazole rings is 1. The monoisotopic (exact) mass is 351 g/mol. The van der Waals surface area contributed by atoms with Gasteiger partial charge in [0.15, 0.2) is 5.65 Å². The molecule has 0 radical (unpaired) electrons. The Kier molecular flexibility index (Phi) is 4.15. The lowest BCUT2D eigenvalue weighted by atomic mass is 10.2. The van der Waals surface area contributed by atoms with Crippen molar-refractivity contribution in [2.24, 2.45) is 0 Å².